The summed E-state index contributed by atoms with van der Waals surface area (Å²) in [5.74, 6) is 0.356. The molecule has 1 heterocycles. The molecule has 0 bridgehead atoms. The van der Waals surface area contributed by atoms with E-state index in [1.165, 1.54) is 13.2 Å². The van der Waals surface area contributed by atoms with Crippen molar-refractivity contribution in [3.05, 3.63) is 95.6 Å². The molecule has 1 saturated carbocycles. The summed E-state index contributed by atoms with van der Waals surface area (Å²) >= 11 is 0. The molecular weight excluding hydrogens is 483 g/mol. The van der Waals surface area contributed by atoms with Crippen LogP contribution in [0.1, 0.15) is 42.0 Å². The molecule has 7 heteroatoms. The highest BCUT2D eigenvalue weighted by Crippen LogP contribution is 2.45. The van der Waals surface area contributed by atoms with Gasteiger partial charge in [-0.05, 0) is 73.6 Å². The van der Waals surface area contributed by atoms with Crippen LogP contribution in [0, 0.1) is 18.7 Å². The lowest BCUT2D eigenvalue weighted by Gasteiger charge is -2.16. The van der Waals surface area contributed by atoms with Gasteiger partial charge in [0, 0.05) is 11.1 Å². The average molecular weight is 513 g/mol. The molecule has 0 spiro atoms. The monoisotopic (exact) mass is 512 g/mol. The summed E-state index contributed by atoms with van der Waals surface area (Å²) in [6, 6.07) is 20.0. The Hall–Kier alpha value is -4.26. The average Bonchev–Trinajstić information content (AvgIpc) is 3.76. The van der Waals surface area contributed by atoms with Crippen LogP contribution in [0.3, 0.4) is 0 Å². The molecule has 0 aliphatic heterocycles. The second kappa shape index (κ2) is 11.0. The fourth-order valence-electron chi connectivity index (χ4n) is 4.73. The zero-order valence-corrected chi connectivity index (χ0v) is 21.4. The molecule has 1 aliphatic rings. The predicted octanol–water partition coefficient (Wildman–Crippen LogP) is 6.81. The summed E-state index contributed by atoms with van der Waals surface area (Å²) in [6.45, 7) is 2.14. The number of aromatic nitrogens is 2. The third-order valence-electron chi connectivity index (χ3n) is 6.80. The van der Waals surface area contributed by atoms with Gasteiger partial charge in [-0.2, -0.15) is 0 Å². The van der Waals surface area contributed by atoms with Crippen LogP contribution in [0.5, 0.6) is 11.5 Å². The SMILES string of the molecule is COc1ccc(F)c(-c2ncc(COc3cccc(C(CC(=O)O)C4CC4)c3)nc2-c2cccc(C)c2)c1. The lowest BCUT2D eigenvalue weighted by Crippen LogP contribution is -2.09. The number of ether oxygens (including phenoxy) is 2. The largest absolute Gasteiger partial charge is 0.497 e. The van der Waals surface area contributed by atoms with Gasteiger partial charge < -0.3 is 14.6 Å². The van der Waals surface area contributed by atoms with Crippen molar-refractivity contribution in [2.24, 2.45) is 5.92 Å². The summed E-state index contributed by atoms with van der Waals surface area (Å²) in [6.07, 6.45) is 3.82. The second-order valence-corrected chi connectivity index (χ2v) is 9.68. The van der Waals surface area contributed by atoms with Crippen LogP contribution >= 0.6 is 0 Å². The van der Waals surface area contributed by atoms with E-state index in [0.29, 0.717) is 40.1 Å². The number of carbonyl (C=O) groups is 1. The number of hydrogen-bond acceptors (Lipinski definition) is 5. The maximum atomic E-state index is 14.9. The van der Waals surface area contributed by atoms with E-state index in [-0.39, 0.29) is 18.9 Å². The number of rotatable bonds is 10. The van der Waals surface area contributed by atoms with Gasteiger partial charge in [-0.15, -0.1) is 0 Å². The van der Waals surface area contributed by atoms with Gasteiger partial charge in [0.1, 0.15) is 23.9 Å². The van der Waals surface area contributed by atoms with E-state index in [4.69, 9.17) is 14.5 Å². The molecule has 0 radical (unpaired) electrons. The van der Waals surface area contributed by atoms with Crippen molar-refractivity contribution < 1.29 is 23.8 Å². The Kier molecular flexibility index (Phi) is 7.36. The van der Waals surface area contributed by atoms with Gasteiger partial charge in [0.2, 0.25) is 0 Å². The smallest absolute Gasteiger partial charge is 0.303 e. The molecule has 38 heavy (non-hydrogen) atoms. The number of aliphatic carboxylic acids is 1. The minimum Gasteiger partial charge on any atom is -0.497 e. The summed E-state index contributed by atoms with van der Waals surface area (Å²) in [5, 5.41) is 9.35. The lowest BCUT2D eigenvalue weighted by atomic mass is 9.91. The van der Waals surface area contributed by atoms with Gasteiger partial charge in [-0.25, -0.2) is 9.37 Å². The second-order valence-electron chi connectivity index (χ2n) is 9.68. The summed E-state index contributed by atoms with van der Waals surface area (Å²) in [4.78, 5) is 20.8. The molecule has 5 rings (SSSR count). The zero-order valence-electron chi connectivity index (χ0n) is 21.4. The van der Waals surface area contributed by atoms with E-state index in [1.807, 2.05) is 55.5 Å². The maximum Gasteiger partial charge on any atom is 0.303 e. The van der Waals surface area contributed by atoms with Gasteiger partial charge in [0.05, 0.1) is 36.8 Å². The number of methoxy groups -OCH3 is 1. The Morgan fingerprint density at radius 1 is 1.05 bits per heavy atom. The van der Waals surface area contributed by atoms with E-state index >= 15 is 0 Å². The van der Waals surface area contributed by atoms with Gasteiger partial charge in [-0.3, -0.25) is 9.78 Å². The molecular formula is C31H29FN2O4. The molecule has 0 saturated heterocycles. The molecule has 1 fully saturated rings. The van der Waals surface area contributed by atoms with E-state index < -0.39 is 11.8 Å². The summed E-state index contributed by atoms with van der Waals surface area (Å²) in [5.41, 5.74) is 4.69. The third-order valence-corrected chi connectivity index (χ3v) is 6.80. The molecule has 3 aromatic carbocycles. The van der Waals surface area contributed by atoms with Crippen molar-refractivity contribution in [1.82, 2.24) is 9.97 Å². The number of carboxylic acid groups (broad SMARTS) is 1. The van der Waals surface area contributed by atoms with Crippen LogP contribution in [0.2, 0.25) is 0 Å². The van der Waals surface area contributed by atoms with Crippen molar-refractivity contribution >= 4 is 5.97 Å². The van der Waals surface area contributed by atoms with Gasteiger partial charge in [0.25, 0.3) is 0 Å². The van der Waals surface area contributed by atoms with E-state index in [2.05, 4.69) is 4.98 Å². The van der Waals surface area contributed by atoms with E-state index in [9.17, 15) is 14.3 Å². The Balaban J connectivity index is 1.45. The van der Waals surface area contributed by atoms with Gasteiger partial charge in [-0.1, -0.05) is 35.9 Å². The highest BCUT2D eigenvalue weighted by Gasteiger charge is 2.33. The molecule has 1 aromatic heterocycles. The van der Waals surface area contributed by atoms with Crippen molar-refractivity contribution in [2.45, 2.75) is 38.7 Å². The normalized spacial score (nSPS) is 13.7. The van der Waals surface area contributed by atoms with Crippen LogP contribution in [0.15, 0.2) is 72.9 Å². The Labute approximate surface area is 221 Å². The maximum absolute atomic E-state index is 14.9. The number of hydrogen-bond donors (Lipinski definition) is 1. The first-order valence-corrected chi connectivity index (χ1v) is 12.6. The van der Waals surface area contributed by atoms with Crippen LogP contribution in [-0.4, -0.2) is 28.2 Å². The molecule has 0 amide bonds. The Morgan fingerprint density at radius 3 is 2.61 bits per heavy atom. The number of halogens is 1. The minimum absolute atomic E-state index is 0.0131. The van der Waals surface area contributed by atoms with Crippen LogP contribution in [0.25, 0.3) is 22.5 Å². The lowest BCUT2D eigenvalue weighted by molar-refractivity contribution is -0.137. The number of nitrogens with zero attached hydrogens (tertiary/aromatic N) is 2. The Bertz CT molecular complexity index is 1470. The third kappa shape index (κ3) is 5.83. The zero-order chi connectivity index (χ0) is 26.6. The molecule has 1 aliphatic carbocycles. The summed E-state index contributed by atoms with van der Waals surface area (Å²) in [7, 11) is 1.54. The highest BCUT2D eigenvalue weighted by molar-refractivity contribution is 5.79. The fourth-order valence-corrected chi connectivity index (χ4v) is 4.73. The van der Waals surface area contributed by atoms with Gasteiger partial charge in [0.15, 0.2) is 0 Å². The highest BCUT2D eigenvalue weighted by atomic mass is 19.1. The minimum atomic E-state index is -0.792. The van der Waals surface area contributed by atoms with E-state index in [0.717, 1.165) is 29.5 Å². The first kappa shape index (κ1) is 25.4. The fraction of sp³-hybridized carbons (Fsp3) is 0.258. The summed E-state index contributed by atoms with van der Waals surface area (Å²) < 4.78 is 26.3. The van der Waals surface area contributed by atoms with Crippen molar-refractivity contribution in [2.75, 3.05) is 7.11 Å². The standard InChI is InChI=1S/C31H29FN2O4/c1-19-5-3-7-22(13-19)30-31(27-15-24(37-2)11-12-28(27)32)33-17-23(34-30)18-38-25-8-4-6-21(14-25)26(16-29(35)36)20-9-10-20/h3-8,11-15,17,20,26H,9-10,16,18H2,1-2H3,(H,35,36). The molecule has 4 aromatic rings. The Morgan fingerprint density at radius 2 is 1.87 bits per heavy atom. The topological polar surface area (TPSA) is 81.5 Å². The van der Waals surface area contributed by atoms with Crippen molar-refractivity contribution in [3.8, 4) is 34.0 Å². The quantitative estimate of drug-likeness (QED) is 0.251. The first-order valence-electron chi connectivity index (χ1n) is 12.6. The van der Waals surface area contributed by atoms with Gasteiger partial charge >= 0.3 is 5.97 Å². The molecule has 6 nitrogen and oxygen atoms in total. The first-order chi connectivity index (χ1) is 18.4. The van der Waals surface area contributed by atoms with Crippen LogP contribution in [-0.2, 0) is 11.4 Å². The number of benzene rings is 3. The van der Waals surface area contributed by atoms with Crippen LogP contribution < -0.4 is 9.47 Å². The van der Waals surface area contributed by atoms with E-state index in [1.54, 1.807) is 18.3 Å². The predicted molar refractivity (Wildman–Crippen MR) is 143 cm³/mol. The molecule has 1 unspecified atom stereocenters. The molecule has 1 N–H and O–H groups in total. The van der Waals surface area contributed by atoms with Crippen LogP contribution in [0.4, 0.5) is 4.39 Å². The molecule has 194 valence electrons. The number of aryl methyl sites for hydroxylation is 1. The van der Waals surface area contributed by atoms with Crippen molar-refractivity contribution in [1.29, 1.82) is 0 Å². The molecule has 1 atom stereocenters. The number of carboxylic acids is 1. The van der Waals surface area contributed by atoms with Crippen molar-refractivity contribution in [3.63, 3.8) is 0 Å².